The van der Waals surface area contributed by atoms with Crippen LogP contribution in [0.25, 0.3) is 11.4 Å². The second-order valence-electron chi connectivity index (χ2n) is 6.06. The summed E-state index contributed by atoms with van der Waals surface area (Å²) in [6, 6.07) is 9.40. The molecule has 134 valence electrons. The van der Waals surface area contributed by atoms with E-state index in [2.05, 4.69) is 15.5 Å². The van der Waals surface area contributed by atoms with Crippen molar-refractivity contribution in [2.45, 2.75) is 19.4 Å². The number of carbonyl (C=O) groups is 1. The molecule has 2 aromatic rings. The van der Waals surface area contributed by atoms with E-state index in [-0.39, 0.29) is 24.9 Å². The number of benzene rings is 1. The number of piperidine rings is 1. The SMILES string of the molecule is CS(=O)(=O)N1CCC[C@@H](C(=O)NCc2nc(-c3ccccc3)no2)C1. The van der Waals surface area contributed by atoms with Crippen molar-refractivity contribution in [3.05, 3.63) is 36.2 Å². The van der Waals surface area contributed by atoms with Crippen LogP contribution in [-0.2, 0) is 21.4 Å². The fraction of sp³-hybridized carbons (Fsp3) is 0.438. The van der Waals surface area contributed by atoms with Crippen LogP contribution in [0.2, 0.25) is 0 Å². The Bertz CT molecular complexity index is 835. The fourth-order valence-corrected chi connectivity index (χ4v) is 3.71. The third-order valence-electron chi connectivity index (χ3n) is 4.14. The second kappa shape index (κ2) is 7.32. The molecule has 1 aromatic carbocycles. The molecule has 9 heteroatoms. The van der Waals surface area contributed by atoms with E-state index in [0.717, 1.165) is 11.8 Å². The average Bonchev–Trinajstić information content (AvgIpc) is 3.09. The van der Waals surface area contributed by atoms with Crippen molar-refractivity contribution in [3.63, 3.8) is 0 Å². The van der Waals surface area contributed by atoms with Crippen molar-refractivity contribution < 1.29 is 17.7 Å². The highest BCUT2D eigenvalue weighted by molar-refractivity contribution is 7.88. The maximum Gasteiger partial charge on any atom is 0.246 e. The zero-order chi connectivity index (χ0) is 17.9. The molecule has 0 bridgehead atoms. The Kier molecular flexibility index (Phi) is 5.14. The first-order valence-electron chi connectivity index (χ1n) is 8.04. The van der Waals surface area contributed by atoms with Gasteiger partial charge in [-0.25, -0.2) is 12.7 Å². The van der Waals surface area contributed by atoms with E-state index in [1.807, 2.05) is 30.3 Å². The molecule has 25 heavy (non-hydrogen) atoms. The molecule has 8 nitrogen and oxygen atoms in total. The Morgan fingerprint density at radius 3 is 2.84 bits per heavy atom. The van der Waals surface area contributed by atoms with Gasteiger partial charge in [-0.15, -0.1) is 0 Å². The van der Waals surface area contributed by atoms with E-state index in [1.54, 1.807) is 0 Å². The minimum absolute atomic E-state index is 0.119. The van der Waals surface area contributed by atoms with Gasteiger partial charge in [0.2, 0.25) is 27.6 Å². The molecule has 1 amide bonds. The van der Waals surface area contributed by atoms with Gasteiger partial charge in [0.05, 0.1) is 18.7 Å². The first kappa shape index (κ1) is 17.6. The predicted octanol–water partition coefficient (Wildman–Crippen LogP) is 1.02. The molecule has 2 heterocycles. The Morgan fingerprint density at radius 2 is 2.12 bits per heavy atom. The number of carbonyl (C=O) groups excluding carboxylic acids is 1. The van der Waals surface area contributed by atoms with Crippen LogP contribution in [0.5, 0.6) is 0 Å². The number of sulfonamides is 1. The first-order chi connectivity index (χ1) is 11.9. The Hall–Kier alpha value is -2.26. The molecular weight excluding hydrogens is 344 g/mol. The van der Waals surface area contributed by atoms with Gasteiger partial charge in [0.1, 0.15) is 0 Å². The van der Waals surface area contributed by atoms with E-state index in [0.29, 0.717) is 31.1 Å². The van der Waals surface area contributed by atoms with Crippen LogP contribution in [-0.4, -0.2) is 48.1 Å². The lowest BCUT2D eigenvalue weighted by Gasteiger charge is -2.29. The van der Waals surface area contributed by atoms with Crippen LogP contribution in [0.3, 0.4) is 0 Å². The van der Waals surface area contributed by atoms with Crippen molar-refractivity contribution in [2.75, 3.05) is 19.3 Å². The molecule has 1 aliphatic heterocycles. The molecule has 1 atom stereocenters. The number of amides is 1. The molecule has 3 rings (SSSR count). The summed E-state index contributed by atoms with van der Waals surface area (Å²) in [5, 5.41) is 6.65. The van der Waals surface area contributed by atoms with Gasteiger partial charge in [-0.1, -0.05) is 35.5 Å². The van der Waals surface area contributed by atoms with Crippen LogP contribution in [0.15, 0.2) is 34.9 Å². The lowest BCUT2D eigenvalue weighted by molar-refractivity contribution is -0.126. The molecule has 1 aliphatic rings. The Morgan fingerprint density at radius 1 is 1.36 bits per heavy atom. The summed E-state index contributed by atoms with van der Waals surface area (Å²) in [6.07, 6.45) is 2.50. The highest BCUT2D eigenvalue weighted by Crippen LogP contribution is 2.19. The van der Waals surface area contributed by atoms with Gasteiger partial charge < -0.3 is 9.84 Å². The lowest BCUT2D eigenvalue weighted by atomic mass is 9.99. The van der Waals surface area contributed by atoms with Gasteiger partial charge in [-0.3, -0.25) is 4.79 Å². The van der Waals surface area contributed by atoms with E-state index < -0.39 is 10.0 Å². The quantitative estimate of drug-likeness (QED) is 0.849. The number of nitrogens with one attached hydrogen (secondary N) is 1. The molecule has 1 aromatic heterocycles. The smallest absolute Gasteiger partial charge is 0.246 e. The third-order valence-corrected chi connectivity index (χ3v) is 5.41. The number of aromatic nitrogens is 2. The van der Waals surface area contributed by atoms with Crippen LogP contribution in [0, 0.1) is 5.92 Å². The van der Waals surface area contributed by atoms with Gasteiger partial charge in [-0.2, -0.15) is 4.98 Å². The third kappa shape index (κ3) is 4.43. The first-order valence-corrected chi connectivity index (χ1v) is 9.89. The largest absolute Gasteiger partial charge is 0.347 e. The summed E-state index contributed by atoms with van der Waals surface area (Å²) in [6.45, 7) is 0.796. The normalized spacial score (nSPS) is 18.8. The van der Waals surface area contributed by atoms with Crippen LogP contribution in [0.4, 0.5) is 0 Å². The zero-order valence-corrected chi connectivity index (χ0v) is 14.7. The van der Waals surface area contributed by atoms with Gasteiger partial charge in [0.25, 0.3) is 0 Å². The van der Waals surface area contributed by atoms with Crippen molar-refractivity contribution in [1.82, 2.24) is 19.8 Å². The molecule has 0 radical (unpaired) electrons. The van der Waals surface area contributed by atoms with Gasteiger partial charge in [0.15, 0.2) is 0 Å². The van der Waals surface area contributed by atoms with Crippen LogP contribution >= 0.6 is 0 Å². The highest BCUT2D eigenvalue weighted by atomic mass is 32.2. The molecule has 1 saturated heterocycles. The summed E-state index contributed by atoms with van der Waals surface area (Å²) in [4.78, 5) is 16.6. The maximum atomic E-state index is 12.3. The summed E-state index contributed by atoms with van der Waals surface area (Å²) in [5.74, 6) is 0.210. The monoisotopic (exact) mass is 364 g/mol. The molecule has 0 unspecified atom stereocenters. The number of nitrogens with zero attached hydrogens (tertiary/aromatic N) is 3. The molecular formula is C16H20N4O4S. The highest BCUT2D eigenvalue weighted by Gasteiger charge is 2.30. The van der Waals surface area contributed by atoms with E-state index in [9.17, 15) is 13.2 Å². The van der Waals surface area contributed by atoms with Gasteiger partial charge >= 0.3 is 0 Å². The van der Waals surface area contributed by atoms with Crippen molar-refractivity contribution in [2.24, 2.45) is 5.92 Å². The number of hydrogen-bond donors (Lipinski definition) is 1. The van der Waals surface area contributed by atoms with E-state index in [1.165, 1.54) is 4.31 Å². The maximum absolute atomic E-state index is 12.3. The summed E-state index contributed by atoms with van der Waals surface area (Å²) < 4.78 is 29.8. The summed E-state index contributed by atoms with van der Waals surface area (Å²) in [7, 11) is -3.27. The molecule has 1 N–H and O–H groups in total. The number of hydrogen-bond acceptors (Lipinski definition) is 6. The average molecular weight is 364 g/mol. The summed E-state index contributed by atoms with van der Waals surface area (Å²) in [5.41, 5.74) is 0.833. The van der Waals surface area contributed by atoms with Gasteiger partial charge in [-0.05, 0) is 12.8 Å². The Labute approximate surface area is 146 Å². The van der Waals surface area contributed by atoms with E-state index >= 15 is 0 Å². The Balaban J connectivity index is 1.57. The molecule has 0 spiro atoms. The predicted molar refractivity (Wildman–Crippen MR) is 90.7 cm³/mol. The van der Waals surface area contributed by atoms with Crippen molar-refractivity contribution in [3.8, 4) is 11.4 Å². The topological polar surface area (TPSA) is 105 Å². The van der Waals surface area contributed by atoms with Crippen LogP contribution < -0.4 is 5.32 Å². The van der Waals surface area contributed by atoms with Gasteiger partial charge in [0, 0.05) is 18.7 Å². The number of rotatable bonds is 5. The zero-order valence-electron chi connectivity index (χ0n) is 13.9. The summed E-state index contributed by atoms with van der Waals surface area (Å²) >= 11 is 0. The standard InChI is InChI=1S/C16H20N4O4S/c1-25(22,23)20-9-5-8-13(11-20)16(21)17-10-14-18-15(19-24-14)12-6-3-2-4-7-12/h2-4,6-7,13H,5,8-11H2,1H3,(H,17,21)/t13-/m1/s1. The lowest BCUT2D eigenvalue weighted by Crippen LogP contribution is -2.44. The molecule has 1 fully saturated rings. The molecule has 0 saturated carbocycles. The van der Waals surface area contributed by atoms with Crippen LogP contribution in [0.1, 0.15) is 18.7 Å². The minimum Gasteiger partial charge on any atom is -0.347 e. The van der Waals surface area contributed by atoms with E-state index in [4.69, 9.17) is 4.52 Å². The molecule has 0 aliphatic carbocycles. The second-order valence-corrected chi connectivity index (χ2v) is 8.04. The van der Waals surface area contributed by atoms with Crippen molar-refractivity contribution in [1.29, 1.82) is 0 Å². The fourth-order valence-electron chi connectivity index (χ4n) is 2.80. The minimum atomic E-state index is -3.27. The van der Waals surface area contributed by atoms with Crippen molar-refractivity contribution >= 4 is 15.9 Å².